The van der Waals surface area contributed by atoms with Crippen LogP contribution < -0.4 is 0 Å². The normalized spacial score (nSPS) is 27.9. The van der Waals surface area contributed by atoms with Crippen LogP contribution in [0.4, 0.5) is 4.39 Å². The molecule has 64 valence electrons. The van der Waals surface area contributed by atoms with Crippen molar-refractivity contribution in [3.05, 3.63) is 24.1 Å². The molecule has 0 bridgehead atoms. The van der Waals surface area contributed by atoms with Crippen LogP contribution in [0.15, 0.2) is 24.1 Å². The molecule has 0 amide bonds. The lowest BCUT2D eigenvalue weighted by Crippen LogP contribution is -2.24. The van der Waals surface area contributed by atoms with Gasteiger partial charge in [-0.2, -0.15) is 0 Å². The molecule has 1 aliphatic carbocycles. The smallest absolute Gasteiger partial charge is 0.168 e. The van der Waals surface area contributed by atoms with E-state index >= 15 is 0 Å². The van der Waals surface area contributed by atoms with Gasteiger partial charge in [0, 0.05) is 6.42 Å². The fourth-order valence-electron chi connectivity index (χ4n) is 0.907. The standard InChI is InChI=1S/C9H8ClFO/c1-2-6-12-9(10)5-3-4-8(11)7-9/h1,3-4,7H,5-6H2. The van der Waals surface area contributed by atoms with Gasteiger partial charge in [-0.15, -0.1) is 6.42 Å². The number of alkyl halides is 1. The third-order valence-corrected chi connectivity index (χ3v) is 1.79. The zero-order valence-corrected chi connectivity index (χ0v) is 7.14. The molecule has 1 unspecified atom stereocenters. The first-order chi connectivity index (χ1) is 5.66. The van der Waals surface area contributed by atoms with E-state index in [2.05, 4.69) is 5.92 Å². The highest BCUT2D eigenvalue weighted by molar-refractivity contribution is 6.24. The van der Waals surface area contributed by atoms with E-state index in [1.165, 1.54) is 12.2 Å². The number of hydrogen-bond donors (Lipinski definition) is 0. The molecule has 0 spiro atoms. The number of hydrogen-bond acceptors (Lipinski definition) is 1. The van der Waals surface area contributed by atoms with Gasteiger partial charge in [-0.3, -0.25) is 0 Å². The Morgan fingerprint density at radius 2 is 2.58 bits per heavy atom. The maximum Gasteiger partial charge on any atom is 0.168 e. The van der Waals surface area contributed by atoms with Crippen molar-refractivity contribution in [2.45, 2.75) is 11.5 Å². The number of ether oxygens (including phenoxy) is 1. The summed E-state index contributed by atoms with van der Waals surface area (Å²) < 4.78 is 17.7. The molecular formula is C9H8ClFO. The number of allylic oxidation sites excluding steroid dienone is 2. The van der Waals surface area contributed by atoms with Gasteiger partial charge in [0.15, 0.2) is 5.06 Å². The molecule has 0 fully saturated rings. The molecule has 0 saturated carbocycles. The van der Waals surface area contributed by atoms with Crippen LogP contribution in [0.5, 0.6) is 0 Å². The van der Waals surface area contributed by atoms with Crippen LogP contribution in [0.25, 0.3) is 0 Å². The first kappa shape index (κ1) is 9.31. The summed E-state index contributed by atoms with van der Waals surface area (Å²) in [6.45, 7) is 0.0844. The Hall–Kier alpha value is -0.780. The molecule has 12 heavy (non-hydrogen) atoms. The van der Waals surface area contributed by atoms with E-state index < -0.39 is 10.9 Å². The molecule has 3 heteroatoms. The fourth-order valence-corrected chi connectivity index (χ4v) is 1.16. The molecule has 1 rings (SSSR count). The predicted molar refractivity (Wildman–Crippen MR) is 46.3 cm³/mol. The Morgan fingerprint density at radius 3 is 3.17 bits per heavy atom. The Labute approximate surface area is 75.9 Å². The highest BCUT2D eigenvalue weighted by Crippen LogP contribution is 2.29. The quantitative estimate of drug-likeness (QED) is 0.475. The van der Waals surface area contributed by atoms with Crippen LogP contribution >= 0.6 is 11.6 Å². The zero-order valence-electron chi connectivity index (χ0n) is 6.39. The third-order valence-electron chi connectivity index (χ3n) is 1.42. The first-order valence-electron chi connectivity index (χ1n) is 3.47. The molecule has 0 aromatic carbocycles. The molecule has 0 radical (unpaired) electrons. The van der Waals surface area contributed by atoms with Crippen molar-refractivity contribution in [3.8, 4) is 12.3 Å². The van der Waals surface area contributed by atoms with E-state index in [-0.39, 0.29) is 6.61 Å². The summed E-state index contributed by atoms with van der Waals surface area (Å²) in [5.41, 5.74) is 0. The average Bonchev–Trinajstić information content (AvgIpc) is 2.01. The van der Waals surface area contributed by atoms with Crippen LogP contribution in [0, 0.1) is 12.3 Å². The van der Waals surface area contributed by atoms with Crippen molar-refractivity contribution in [2.24, 2.45) is 0 Å². The predicted octanol–water partition coefficient (Wildman–Crippen LogP) is 2.38. The minimum atomic E-state index is -1.09. The minimum absolute atomic E-state index is 0.0844. The Balaban J connectivity index is 2.62. The van der Waals surface area contributed by atoms with Crippen molar-refractivity contribution in [3.63, 3.8) is 0 Å². The van der Waals surface area contributed by atoms with E-state index in [9.17, 15) is 4.39 Å². The Morgan fingerprint density at radius 1 is 1.83 bits per heavy atom. The van der Waals surface area contributed by atoms with Gasteiger partial charge < -0.3 is 4.74 Å². The van der Waals surface area contributed by atoms with Gasteiger partial charge in [-0.25, -0.2) is 4.39 Å². The van der Waals surface area contributed by atoms with Crippen LogP contribution in [0.1, 0.15) is 6.42 Å². The molecule has 0 aliphatic heterocycles. The summed E-state index contributed by atoms with van der Waals surface area (Å²) in [7, 11) is 0. The third kappa shape index (κ3) is 2.37. The minimum Gasteiger partial charge on any atom is -0.343 e. The maximum atomic E-state index is 12.7. The fraction of sp³-hybridized carbons (Fsp3) is 0.333. The second-order valence-electron chi connectivity index (χ2n) is 2.41. The lowest BCUT2D eigenvalue weighted by atomic mass is 10.1. The van der Waals surface area contributed by atoms with Gasteiger partial charge in [0.25, 0.3) is 0 Å². The lowest BCUT2D eigenvalue weighted by Gasteiger charge is -2.23. The number of terminal acetylenes is 1. The first-order valence-corrected chi connectivity index (χ1v) is 3.85. The maximum absolute atomic E-state index is 12.7. The highest BCUT2D eigenvalue weighted by atomic mass is 35.5. The summed E-state index contributed by atoms with van der Waals surface area (Å²) in [6.07, 6.45) is 9.58. The van der Waals surface area contributed by atoms with Gasteiger partial charge in [-0.05, 0) is 12.2 Å². The van der Waals surface area contributed by atoms with Crippen molar-refractivity contribution < 1.29 is 9.13 Å². The molecule has 0 N–H and O–H groups in total. The van der Waals surface area contributed by atoms with Gasteiger partial charge in [0.1, 0.15) is 12.4 Å². The van der Waals surface area contributed by atoms with Crippen LogP contribution in [-0.2, 0) is 4.74 Å². The lowest BCUT2D eigenvalue weighted by molar-refractivity contribution is 0.0787. The summed E-state index contributed by atoms with van der Waals surface area (Å²) in [6, 6.07) is 0. The molecular weight excluding hydrogens is 179 g/mol. The summed E-state index contributed by atoms with van der Waals surface area (Å²) in [5, 5.41) is -1.09. The molecule has 0 saturated heterocycles. The Kier molecular flexibility index (Phi) is 2.91. The largest absolute Gasteiger partial charge is 0.343 e. The van der Waals surface area contributed by atoms with E-state index in [0.29, 0.717) is 6.42 Å². The molecule has 0 aromatic rings. The van der Waals surface area contributed by atoms with Gasteiger partial charge >= 0.3 is 0 Å². The van der Waals surface area contributed by atoms with E-state index in [4.69, 9.17) is 22.8 Å². The molecule has 1 nitrogen and oxygen atoms in total. The van der Waals surface area contributed by atoms with Crippen LogP contribution in [0.2, 0.25) is 0 Å². The monoisotopic (exact) mass is 186 g/mol. The highest BCUT2D eigenvalue weighted by Gasteiger charge is 2.26. The average molecular weight is 187 g/mol. The zero-order chi connectivity index (χ0) is 9.03. The molecule has 0 aromatic heterocycles. The summed E-state index contributed by atoms with van der Waals surface area (Å²) in [4.78, 5) is 0. The van der Waals surface area contributed by atoms with Crippen molar-refractivity contribution in [2.75, 3.05) is 6.61 Å². The van der Waals surface area contributed by atoms with Gasteiger partial charge in [-0.1, -0.05) is 23.6 Å². The number of halogens is 2. The van der Waals surface area contributed by atoms with Gasteiger partial charge in [0.2, 0.25) is 0 Å². The van der Waals surface area contributed by atoms with E-state index in [1.54, 1.807) is 6.08 Å². The SMILES string of the molecule is C#CCOC1(Cl)C=C(F)C=CC1. The molecule has 1 aliphatic rings. The second kappa shape index (κ2) is 3.75. The molecule has 1 atom stereocenters. The number of rotatable bonds is 2. The van der Waals surface area contributed by atoms with Crippen molar-refractivity contribution in [1.82, 2.24) is 0 Å². The topological polar surface area (TPSA) is 9.23 Å². The van der Waals surface area contributed by atoms with Crippen molar-refractivity contribution in [1.29, 1.82) is 0 Å². The van der Waals surface area contributed by atoms with E-state index in [1.807, 2.05) is 0 Å². The Bertz CT molecular complexity index is 264. The van der Waals surface area contributed by atoms with Crippen LogP contribution in [-0.4, -0.2) is 11.7 Å². The van der Waals surface area contributed by atoms with E-state index in [0.717, 1.165) is 0 Å². The van der Waals surface area contributed by atoms with Gasteiger partial charge in [0.05, 0.1) is 0 Å². The summed E-state index contributed by atoms with van der Waals surface area (Å²) in [5.74, 6) is 1.88. The van der Waals surface area contributed by atoms with Crippen LogP contribution in [0.3, 0.4) is 0 Å². The molecule has 0 heterocycles. The summed E-state index contributed by atoms with van der Waals surface area (Å²) >= 11 is 5.86. The second-order valence-corrected chi connectivity index (χ2v) is 3.05. The van der Waals surface area contributed by atoms with Crippen molar-refractivity contribution >= 4 is 11.6 Å².